The van der Waals surface area contributed by atoms with Crippen LogP contribution >= 0.6 is 0 Å². The van der Waals surface area contributed by atoms with Gasteiger partial charge in [-0.3, -0.25) is 4.57 Å². The minimum atomic E-state index is -0.952. The van der Waals surface area contributed by atoms with Gasteiger partial charge in [0.25, 0.3) is 0 Å². The maximum atomic E-state index is 11.2. The zero-order valence-corrected chi connectivity index (χ0v) is 11.5. The first-order valence-corrected chi connectivity index (χ1v) is 6.05. The van der Waals surface area contributed by atoms with Crippen molar-refractivity contribution in [2.45, 2.75) is 33.1 Å². The standard InChI is InChI=1S/C14H17N3O2/c1-9-15-5-6-17(9)12-8-10(13(18)19)7-11(16-12)14(2,3)4/h5-8H,1-4H3,(H,18,19). The summed E-state index contributed by atoms with van der Waals surface area (Å²) in [5.74, 6) is 0.404. The van der Waals surface area contributed by atoms with E-state index in [0.29, 0.717) is 5.82 Å². The van der Waals surface area contributed by atoms with Crippen molar-refractivity contribution >= 4 is 5.97 Å². The molecule has 0 spiro atoms. The topological polar surface area (TPSA) is 68.0 Å². The molecule has 1 N–H and O–H groups in total. The molecule has 0 aliphatic carbocycles. The first-order chi connectivity index (χ1) is 8.79. The molecule has 0 aliphatic heterocycles. The predicted octanol–water partition coefficient (Wildman–Crippen LogP) is 2.57. The lowest BCUT2D eigenvalue weighted by Gasteiger charge is -2.19. The van der Waals surface area contributed by atoms with E-state index in [1.807, 2.05) is 27.7 Å². The van der Waals surface area contributed by atoms with E-state index in [0.717, 1.165) is 11.5 Å². The van der Waals surface area contributed by atoms with Gasteiger partial charge < -0.3 is 5.11 Å². The fourth-order valence-electron chi connectivity index (χ4n) is 1.77. The molecule has 0 fully saturated rings. The highest BCUT2D eigenvalue weighted by molar-refractivity contribution is 5.88. The number of carboxylic acid groups (broad SMARTS) is 1. The lowest BCUT2D eigenvalue weighted by Crippen LogP contribution is -2.17. The molecule has 0 bridgehead atoms. The number of pyridine rings is 1. The quantitative estimate of drug-likeness (QED) is 0.900. The van der Waals surface area contributed by atoms with Crippen molar-refractivity contribution in [2.75, 3.05) is 0 Å². The molecule has 0 radical (unpaired) electrons. The van der Waals surface area contributed by atoms with Crippen LogP contribution in [-0.4, -0.2) is 25.6 Å². The Labute approximate surface area is 111 Å². The van der Waals surface area contributed by atoms with Gasteiger partial charge in [-0.25, -0.2) is 14.8 Å². The summed E-state index contributed by atoms with van der Waals surface area (Å²) in [6.45, 7) is 7.87. The van der Waals surface area contributed by atoms with Crippen LogP contribution in [0.15, 0.2) is 24.5 Å². The van der Waals surface area contributed by atoms with E-state index < -0.39 is 5.97 Å². The van der Waals surface area contributed by atoms with Crippen molar-refractivity contribution in [3.05, 3.63) is 41.6 Å². The summed E-state index contributed by atoms with van der Waals surface area (Å²) < 4.78 is 1.78. The zero-order chi connectivity index (χ0) is 14.2. The minimum absolute atomic E-state index is 0.214. The smallest absolute Gasteiger partial charge is 0.335 e. The maximum Gasteiger partial charge on any atom is 0.335 e. The number of aromatic nitrogens is 3. The van der Waals surface area contributed by atoms with E-state index in [4.69, 9.17) is 0 Å². The number of hydrogen-bond acceptors (Lipinski definition) is 3. The molecule has 0 amide bonds. The van der Waals surface area contributed by atoms with Crippen molar-refractivity contribution in [3.63, 3.8) is 0 Å². The van der Waals surface area contributed by atoms with Gasteiger partial charge in [0.2, 0.25) is 0 Å². The summed E-state index contributed by atoms with van der Waals surface area (Å²) >= 11 is 0. The third-order valence-electron chi connectivity index (χ3n) is 2.90. The number of carboxylic acids is 1. The monoisotopic (exact) mass is 259 g/mol. The van der Waals surface area contributed by atoms with Crippen molar-refractivity contribution in [3.8, 4) is 5.82 Å². The second-order valence-electron chi connectivity index (χ2n) is 5.50. The highest BCUT2D eigenvalue weighted by atomic mass is 16.4. The van der Waals surface area contributed by atoms with Gasteiger partial charge in [-0.05, 0) is 19.1 Å². The van der Waals surface area contributed by atoms with E-state index >= 15 is 0 Å². The number of carbonyl (C=O) groups is 1. The van der Waals surface area contributed by atoms with Crippen molar-refractivity contribution in [1.82, 2.24) is 14.5 Å². The molecule has 5 heteroatoms. The van der Waals surface area contributed by atoms with E-state index in [1.165, 1.54) is 0 Å². The summed E-state index contributed by atoms with van der Waals surface area (Å²) in [5, 5.41) is 9.21. The Balaban J connectivity index is 2.65. The van der Waals surface area contributed by atoms with E-state index in [2.05, 4.69) is 9.97 Å². The van der Waals surface area contributed by atoms with Gasteiger partial charge in [-0.2, -0.15) is 0 Å². The molecule has 0 saturated heterocycles. The molecule has 2 aromatic rings. The number of imidazole rings is 1. The second kappa shape index (κ2) is 4.50. The normalized spacial score (nSPS) is 11.6. The molecule has 5 nitrogen and oxygen atoms in total. The van der Waals surface area contributed by atoms with Crippen LogP contribution in [0.4, 0.5) is 0 Å². The first-order valence-electron chi connectivity index (χ1n) is 6.05. The third kappa shape index (κ3) is 2.65. The van der Waals surface area contributed by atoms with E-state index in [1.54, 1.807) is 29.1 Å². The Bertz CT molecular complexity index is 624. The molecular weight excluding hydrogens is 242 g/mol. The SMILES string of the molecule is Cc1nccn1-c1cc(C(=O)O)cc(C(C)(C)C)n1. The summed E-state index contributed by atoms with van der Waals surface area (Å²) in [5.41, 5.74) is 0.771. The van der Waals surface area contributed by atoms with Crippen LogP contribution in [-0.2, 0) is 5.41 Å². The molecule has 19 heavy (non-hydrogen) atoms. The molecule has 0 saturated carbocycles. The molecule has 0 unspecified atom stereocenters. The van der Waals surface area contributed by atoms with Gasteiger partial charge >= 0.3 is 5.97 Å². The molecule has 2 rings (SSSR count). The van der Waals surface area contributed by atoms with Crippen LogP contribution in [0.3, 0.4) is 0 Å². The van der Waals surface area contributed by atoms with Gasteiger partial charge in [0.1, 0.15) is 11.6 Å². The largest absolute Gasteiger partial charge is 0.478 e. The van der Waals surface area contributed by atoms with Crippen LogP contribution in [0.25, 0.3) is 5.82 Å². The molecule has 2 aromatic heterocycles. The second-order valence-corrected chi connectivity index (χ2v) is 5.50. The predicted molar refractivity (Wildman–Crippen MR) is 71.8 cm³/mol. The Morgan fingerprint density at radius 3 is 2.47 bits per heavy atom. The lowest BCUT2D eigenvalue weighted by molar-refractivity contribution is 0.0696. The van der Waals surface area contributed by atoms with Crippen molar-refractivity contribution < 1.29 is 9.90 Å². The van der Waals surface area contributed by atoms with Gasteiger partial charge in [0, 0.05) is 23.5 Å². The summed E-state index contributed by atoms with van der Waals surface area (Å²) in [4.78, 5) is 19.9. The molecule has 2 heterocycles. The van der Waals surface area contributed by atoms with Gasteiger partial charge in [-0.15, -0.1) is 0 Å². The van der Waals surface area contributed by atoms with Gasteiger partial charge in [0.15, 0.2) is 0 Å². The zero-order valence-electron chi connectivity index (χ0n) is 11.5. The molecule has 100 valence electrons. The van der Waals surface area contributed by atoms with Crippen molar-refractivity contribution in [2.24, 2.45) is 0 Å². The number of aryl methyl sites for hydroxylation is 1. The number of aromatic carboxylic acids is 1. The van der Waals surface area contributed by atoms with Crippen LogP contribution < -0.4 is 0 Å². The van der Waals surface area contributed by atoms with Crippen LogP contribution in [0.5, 0.6) is 0 Å². The van der Waals surface area contributed by atoms with Crippen LogP contribution in [0.1, 0.15) is 42.6 Å². The highest BCUT2D eigenvalue weighted by Crippen LogP contribution is 2.23. The maximum absolute atomic E-state index is 11.2. The number of nitrogens with zero attached hydrogens (tertiary/aromatic N) is 3. The van der Waals surface area contributed by atoms with Crippen LogP contribution in [0, 0.1) is 6.92 Å². The Morgan fingerprint density at radius 1 is 1.32 bits per heavy atom. The molecule has 0 aliphatic rings. The fraction of sp³-hybridized carbons (Fsp3) is 0.357. The lowest BCUT2D eigenvalue weighted by atomic mass is 9.91. The van der Waals surface area contributed by atoms with E-state index in [9.17, 15) is 9.90 Å². The van der Waals surface area contributed by atoms with Crippen molar-refractivity contribution in [1.29, 1.82) is 0 Å². The number of rotatable bonds is 2. The first kappa shape index (κ1) is 13.3. The molecule has 0 atom stereocenters. The molecule has 0 aromatic carbocycles. The Hall–Kier alpha value is -2.17. The van der Waals surface area contributed by atoms with Crippen LogP contribution in [0.2, 0.25) is 0 Å². The Kier molecular flexibility index (Phi) is 3.14. The summed E-state index contributed by atoms with van der Waals surface area (Å²) in [6.07, 6.45) is 3.44. The molecular formula is C14H17N3O2. The van der Waals surface area contributed by atoms with Gasteiger partial charge in [0.05, 0.1) is 5.56 Å². The minimum Gasteiger partial charge on any atom is -0.478 e. The number of hydrogen-bond donors (Lipinski definition) is 1. The Morgan fingerprint density at radius 2 is 2.00 bits per heavy atom. The van der Waals surface area contributed by atoms with E-state index in [-0.39, 0.29) is 11.0 Å². The summed E-state index contributed by atoms with van der Waals surface area (Å²) in [7, 11) is 0. The van der Waals surface area contributed by atoms with Gasteiger partial charge in [-0.1, -0.05) is 20.8 Å². The third-order valence-corrected chi connectivity index (χ3v) is 2.90. The fourth-order valence-corrected chi connectivity index (χ4v) is 1.77. The summed E-state index contributed by atoms with van der Waals surface area (Å²) in [6, 6.07) is 3.18. The average Bonchev–Trinajstić information content (AvgIpc) is 2.73. The highest BCUT2D eigenvalue weighted by Gasteiger charge is 2.19. The average molecular weight is 259 g/mol.